The predicted octanol–water partition coefficient (Wildman–Crippen LogP) is 3.10. The molecule has 1 aromatic heterocycles. The molecule has 1 aliphatic rings. The molecule has 1 aliphatic heterocycles. The van der Waals surface area contributed by atoms with Gasteiger partial charge in [-0.2, -0.15) is 13.2 Å². The number of benzene rings is 2. The Morgan fingerprint density at radius 3 is 2.06 bits per heavy atom. The van der Waals surface area contributed by atoms with Gasteiger partial charge in [-0.3, -0.25) is 19.4 Å². The van der Waals surface area contributed by atoms with E-state index in [4.69, 9.17) is 0 Å². The molecular weight excluding hydrogens is 484 g/mol. The third kappa shape index (κ3) is 3.88. The van der Waals surface area contributed by atoms with Gasteiger partial charge in [-0.1, -0.05) is 32.9 Å². The number of H-pyrrole nitrogens is 1. The average Bonchev–Trinajstić information content (AvgIpc) is 3.07. The van der Waals surface area contributed by atoms with Crippen molar-refractivity contribution >= 4 is 17.6 Å². The Morgan fingerprint density at radius 1 is 0.944 bits per heavy atom. The number of hydrogen-bond acceptors (Lipinski definition) is 4. The van der Waals surface area contributed by atoms with E-state index in [9.17, 15) is 36.7 Å². The van der Waals surface area contributed by atoms with Crippen LogP contribution in [0.25, 0.3) is 5.69 Å². The summed E-state index contributed by atoms with van der Waals surface area (Å²) in [5, 5.41) is 3.61. The van der Waals surface area contributed by atoms with E-state index in [1.807, 2.05) is 26.1 Å². The second-order valence-corrected chi connectivity index (χ2v) is 9.28. The van der Waals surface area contributed by atoms with Gasteiger partial charge in [0, 0.05) is 5.56 Å². The van der Waals surface area contributed by atoms with Crippen LogP contribution in [0.2, 0.25) is 0 Å². The van der Waals surface area contributed by atoms with Crippen LogP contribution < -0.4 is 21.9 Å². The molecule has 36 heavy (non-hydrogen) atoms. The van der Waals surface area contributed by atoms with Crippen molar-refractivity contribution in [3.63, 3.8) is 0 Å². The van der Waals surface area contributed by atoms with Crippen LogP contribution in [0.3, 0.4) is 0 Å². The monoisotopic (exact) mass is 504 g/mol. The van der Waals surface area contributed by atoms with E-state index in [0.717, 1.165) is 29.8 Å². The van der Waals surface area contributed by atoms with Crippen molar-refractivity contribution in [1.29, 1.82) is 0 Å². The van der Waals surface area contributed by atoms with Crippen molar-refractivity contribution < 1.29 is 27.2 Å². The molecule has 3 N–H and O–H groups in total. The molecule has 3 aromatic rings. The molecule has 2 heterocycles. The van der Waals surface area contributed by atoms with Crippen molar-refractivity contribution in [2.75, 3.05) is 5.32 Å². The molecule has 1 unspecified atom stereocenters. The maximum Gasteiger partial charge on any atom is 0.425 e. The largest absolute Gasteiger partial charge is 0.425 e. The molecule has 0 aliphatic carbocycles. The normalized spacial score (nSPS) is 17.5. The van der Waals surface area contributed by atoms with Gasteiger partial charge in [-0.25, -0.2) is 13.8 Å². The number of aromatic nitrogens is 2. The van der Waals surface area contributed by atoms with Crippen LogP contribution in [-0.4, -0.2) is 27.5 Å². The Morgan fingerprint density at radius 2 is 1.53 bits per heavy atom. The van der Waals surface area contributed by atoms with Crippen molar-refractivity contribution in [3.05, 3.63) is 91.9 Å². The number of amides is 2. The molecule has 0 saturated heterocycles. The van der Waals surface area contributed by atoms with Crippen LogP contribution in [0.4, 0.5) is 23.4 Å². The van der Waals surface area contributed by atoms with E-state index >= 15 is 0 Å². The van der Waals surface area contributed by atoms with Gasteiger partial charge >= 0.3 is 11.9 Å². The van der Waals surface area contributed by atoms with Gasteiger partial charge in [-0.05, 0) is 47.4 Å². The van der Waals surface area contributed by atoms with Gasteiger partial charge in [0.1, 0.15) is 17.2 Å². The van der Waals surface area contributed by atoms with E-state index in [1.54, 1.807) is 22.4 Å². The highest BCUT2D eigenvalue weighted by molar-refractivity contribution is 6.09. The minimum Gasteiger partial charge on any atom is -0.326 e. The van der Waals surface area contributed by atoms with Gasteiger partial charge < -0.3 is 10.6 Å². The molecule has 2 aromatic carbocycles. The number of carbonyl (C=O) groups excluding carboxylic acids is 2. The number of fused-ring (bicyclic) bond motifs is 1. The summed E-state index contributed by atoms with van der Waals surface area (Å²) in [7, 11) is 0. The van der Waals surface area contributed by atoms with E-state index in [2.05, 4.69) is 0 Å². The standard InChI is InChI=1S/C24H20F4N4O4/c1-22(2,3)13-6-4-12(5-7-13)18(33)31-23(24(26,27)28)16-17(29-20(23)35)32(21(36)30-19(16)34)15-10-8-14(25)9-11-15/h4-11H,1-3H3,(H,29,35)(H,31,33)(H,30,34,36). The lowest BCUT2D eigenvalue weighted by Crippen LogP contribution is -2.62. The lowest BCUT2D eigenvalue weighted by molar-refractivity contribution is -0.196. The molecule has 2 amide bonds. The van der Waals surface area contributed by atoms with Crippen molar-refractivity contribution in [2.24, 2.45) is 0 Å². The van der Waals surface area contributed by atoms with Crippen LogP contribution in [0.5, 0.6) is 0 Å². The van der Waals surface area contributed by atoms with E-state index in [1.165, 1.54) is 12.1 Å². The number of nitrogens with zero attached hydrogens (tertiary/aromatic N) is 1. The third-order valence-corrected chi connectivity index (χ3v) is 5.88. The number of hydrogen-bond donors (Lipinski definition) is 3. The summed E-state index contributed by atoms with van der Waals surface area (Å²) in [6, 6.07) is 9.77. The highest BCUT2D eigenvalue weighted by Crippen LogP contribution is 2.45. The smallest absolute Gasteiger partial charge is 0.326 e. The van der Waals surface area contributed by atoms with Gasteiger partial charge in [0.15, 0.2) is 0 Å². The number of halogens is 4. The third-order valence-electron chi connectivity index (χ3n) is 5.88. The molecule has 0 bridgehead atoms. The minimum absolute atomic E-state index is 0.128. The summed E-state index contributed by atoms with van der Waals surface area (Å²) < 4.78 is 57.6. The zero-order valence-electron chi connectivity index (χ0n) is 19.2. The number of carbonyl (C=O) groups is 2. The Hall–Kier alpha value is -4.22. The van der Waals surface area contributed by atoms with Gasteiger partial charge in [0.2, 0.25) is 0 Å². The second kappa shape index (κ2) is 8.18. The SMILES string of the molecule is CC(C)(C)c1ccc(C(=O)NC2(C(F)(F)F)C(=O)Nc3c2c(=O)[nH]c(=O)n3-c2ccc(F)cc2)cc1. The van der Waals surface area contributed by atoms with E-state index in [-0.39, 0.29) is 16.7 Å². The first kappa shape index (κ1) is 24.9. The molecule has 0 spiro atoms. The summed E-state index contributed by atoms with van der Waals surface area (Å²) in [5.74, 6) is -4.53. The molecule has 0 radical (unpaired) electrons. The predicted molar refractivity (Wildman–Crippen MR) is 122 cm³/mol. The molecule has 0 fully saturated rings. The van der Waals surface area contributed by atoms with E-state index < -0.39 is 52.0 Å². The average molecular weight is 504 g/mol. The van der Waals surface area contributed by atoms with Crippen LogP contribution >= 0.6 is 0 Å². The molecule has 4 rings (SSSR count). The molecular formula is C24H20F4N4O4. The second-order valence-electron chi connectivity index (χ2n) is 9.28. The molecule has 1 atom stereocenters. The quantitative estimate of drug-likeness (QED) is 0.476. The van der Waals surface area contributed by atoms with Crippen molar-refractivity contribution in [1.82, 2.24) is 14.9 Å². The summed E-state index contributed by atoms with van der Waals surface area (Å²) in [6.07, 6.45) is -5.48. The first-order valence-corrected chi connectivity index (χ1v) is 10.6. The number of rotatable bonds is 3. The fraction of sp³-hybridized carbons (Fsp3) is 0.250. The van der Waals surface area contributed by atoms with Crippen LogP contribution in [0.15, 0.2) is 58.1 Å². The van der Waals surface area contributed by atoms with Crippen molar-refractivity contribution in [3.8, 4) is 5.69 Å². The molecule has 12 heteroatoms. The lowest BCUT2D eigenvalue weighted by atomic mass is 9.86. The van der Waals surface area contributed by atoms with Gasteiger partial charge in [-0.15, -0.1) is 0 Å². The van der Waals surface area contributed by atoms with Crippen LogP contribution in [0.1, 0.15) is 42.3 Å². The Kier molecular flexibility index (Phi) is 5.65. The summed E-state index contributed by atoms with van der Waals surface area (Å²) in [5.41, 5.74) is -7.50. The van der Waals surface area contributed by atoms with Crippen molar-refractivity contribution in [2.45, 2.75) is 37.9 Å². The van der Waals surface area contributed by atoms with Crippen LogP contribution in [-0.2, 0) is 15.7 Å². The first-order valence-electron chi connectivity index (χ1n) is 10.6. The van der Waals surface area contributed by atoms with E-state index in [0.29, 0.717) is 4.57 Å². The van der Waals surface area contributed by atoms with Gasteiger partial charge in [0.25, 0.3) is 22.9 Å². The number of alkyl halides is 3. The fourth-order valence-electron chi connectivity index (χ4n) is 3.98. The zero-order valence-corrected chi connectivity index (χ0v) is 19.2. The summed E-state index contributed by atoms with van der Waals surface area (Å²) >= 11 is 0. The van der Waals surface area contributed by atoms with Crippen LogP contribution in [0, 0.1) is 5.82 Å². The Labute approximate surface area is 201 Å². The lowest BCUT2D eigenvalue weighted by Gasteiger charge is -2.30. The fourth-order valence-corrected chi connectivity index (χ4v) is 3.98. The molecule has 188 valence electrons. The minimum atomic E-state index is -5.48. The number of nitrogens with one attached hydrogen (secondary N) is 3. The topological polar surface area (TPSA) is 113 Å². The molecule has 0 saturated carbocycles. The Bertz CT molecular complexity index is 1480. The van der Waals surface area contributed by atoms with Gasteiger partial charge in [0.05, 0.1) is 5.69 Å². The number of anilines is 1. The maximum absolute atomic E-state index is 14.5. The first-order chi connectivity index (χ1) is 16.7. The summed E-state index contributed by atoms with van der Waals surface area (Å²) in [4.78, 5) is 52.7. The Balaban J connectivity index is 1.89. The molecule has 8 nitrogen and oxygen atoms in total. The highest BCUT2D eigenvalue weighted by Gasteiger charge is 2.68. The zero-order chi connectivity index (χ0) is 26.6. The maximum atomic E-state index is 14.5. The highest BCUT2D eigenvalue weighted by atomic mass is 19.4. The summed E-state index contributed by atoms with van der Waals surface area (Å²) in [6.45, 7) is 5.73. The number of aromatic amines is 1.